The molecule has 2 aliphatic rings. The molecule has 2 unspecified atom stereocenters. The zero-order valence-electron chi connectivity index (χ0n) is 20.2. The van der Waals surface area contributed by atoms with Gasteiger partial charge >= 0.3 is 0 Å². The highest BCUT2D eigenvalue weighted by atomic mass is 127. The molecular formula is C24H44IN5O. The topological polar surface area (TPSA) is 65.7 Å². The Morgan fingerprint density at radius 3 is 2.39 bits per heavy atom. The number of likely N-dealkylation sites (tertiary alicyclic amines) is 1. The number of hydrogen-bond donors (Lipinski definition) is 2. The van der Waals surface area contributed by atoms with Crippen molar-refractivity contribution in [3.8, 4) is 0 Å². The number of hydrogen-bond acceptors (Lipinski definition) is 4. The standard InChI is InChI=1S/C24H43N5O.HI/c1-17(22-9-7-6-8-10-22)18(2)28-24(25-5)26-15-21-11-13-29(14-12-21)16-23-27-19(3)20(4)30-23;/h17-18,21-22H,6-16H2,1-5H3,(H2,25,26,28);1H. The van der Waals surface area contributed by atoms with Gasteiger partial charge in [-0.05, 0) is 64.5 Å². The first-order valence-electron chi connectivity index (χ1n) is 12.1. The summed E-state index contributed by atoms with van der Waals surface area (Å²) in [7, 11) is 1.89. The second-order valence-electron chi connectivity index (χ2n) is 9.61. The van der Waals surface area contributed by atoms with Crippen LogP contribution >= 0.6 is 24.0 Å². The normalized spacial score (nSPS) is 21.4. The maximum absolute atomic E-state index is 5.75. The first-order valence-corrected chi connectivity index (χ1v) is 12.1. The molecule has 2 heterocycles. The van der Waals surface area contributed by atoms with E-state index in [1.165, 1.54) is 44.9 Å². The lowest BCUT2D eigenvalue weighted by Crippen LogP contribution is -2.48. The van der Waals surface area contributed by atoms with Crippen molar-refractivity contribution in [2.45, 2.75) is 85.2 Å². The van der Waals surface area contributed by atoms with Crippen LogP contribution in [-0.4, -0.2) is 48.6 Å². The third-order valence-corrected chi connectivity index (χ3v) is 7.47. The van der Waals surface area contributed by atoms with Crippen molar-refractivity contribution in [1.82, 2.24) is 20.5 Å². The van der Waals surface area contributed by atoms with Crippen LogP contribution in [0.25, 0.3) is 0 Å². The first kappa shape index (κ1) is 26.4. The fourth-order valence-corrected chi connectivity index (χ4v) is 5.00. The number of guanidine groups is 1. The maximum Gasteiger partial charge on any atom is 0.208 e. The molecule has 1 aliphatic carbocycles. The minimum Gasteiger partial charge on any atom is -0.444 e. The molecule has 31 heavy (non-hydrogen) atoms. The van der Waals surface area contributed by atoms with Crippen LogP contribution in [0.2, 0.25) is 0 Å². The van der Waals surface area contributed by atoms with Crippen LogP contribution in [0.3, 0.4) is 0 Å². The van der Waals surface area contributed by atoms with Crippen LogP contribution in [0.1, 0.15) is 76.1 Å². The van der Waals surface area contributed by atoms with E-state index in [2.05, 4.69) is 39.4 Å². The van der Waals surface area contributed by atoms with E-state index >= 15 is 0 Å². The summed E-state index contributed by atoms with van der Waals surface area (Å²) in [6, 6.07) is 0.453. The van der Waals surface area contributed by atoms with Gasteiger partial charge in [-0.3, -0.25) is 9.89 Å². The predicted molar refractivity (Wildman–Crippen MR) is 139 cm³/mol. The van der Waals surface area contributed by atoms with Gasteiger partial charge in [-0.1, -0.05) is 39.0 Å². The Bertz CT molecular complexity index is 658. The van der Waals surface area contributed by atoms with Crippen molar-refractivity contribution >= 4 is 29.9 Å². The highest BCUT2D eigenvalue weighted by Gasteiger charge is 2.25. The number of aromatic nitrogens is 1. The molecule has 178 valence electrons. The first-order chi connectivity index (χ1) is 14.5. The van der Waals surface area contributed by atoms with Crippen molar-refractivity contribution in [3.05, 3.63) is 17.3 Å². The number of aryl methyl sites for hydroxylation is 2. The molecule has 0 radical (unpaired) electrons. The van der Waals surface area contributed by atoms with Gasteiger partial charge < -0.3 is 15.1 Å². The molecule has 2 fully saturated rings. The summed E-state index contributed by atoms with van der Waals surface area (Å²) in [6.07, 6.45) is 9.43. The average molecular weight is 546 g/mol. The Morgan fingerprint density at radius 1 is 1.13 bits per heavy atom. The molecule has 1 saturated heterocycles. The number of nitrogens with one attached hydrogen (secondary N) is 2. The number of halogens is 1. The van der Waals surface area contributed by atoms with E-state index in [0.29, 0.717) is 17.9 Å². The fraction of sp³-hybridized carbons (Fsp3) is 0.833. The van der Waals surface area contributed by atoms with E-state index in [4.69, 9.17) is 4.42 Å². The highest BCUT2D eigenvalue weighted by Crippen LogP contribution is 2.31. The summed E-state index contributed by atoms with van der Waals surface area (Å²) in [4.78, 5) is 11.5. The molecule has 0 amide bonds. The molecule has 1 aromatic rings. The lowest BCUT2D eigenvalue weighted by molar-refractivity contribution is 0.164. The number of aliphatic imine (C=N–C) groups is 1. The summed E-state index contributed by atoms with van der Waals surface area (Å²) >= 11 is 0. The molecule has 7 heteroatoms. The summed E-state index contributed by atoms with van der Waals surface area (Å²) in [5.74, 6) is 4.99. The van der Waals surface area contributed by atoms with Crippen LogP contribution < -0.4 is 10.6 Å². The van der Waals surface area contributed by atoms with Gasteiger partial charge in [-0.2, -0.15) is 0 Å². The van der Waals surface area contributed by atoms with Gasteiger partial charge in [0.1, 0.15) is 5.76 Å². The third-order valence-electron chi connectivity index (χ3n) is 7.47. The van der Waals surface area contributed by atoms with Crippen LogP contribution in [-0.2, 0) is 6.54 Å². The Morgan fingerprint density at radius 2 is 1.81 bits per heavy atom. The van der Waals surface area contributed by atoms with E-state index < -0.39 is 0 Å². The number of piperidine rings is 1. The zero-order chi connectivity index (χ0) is 21.5. The van der Waals surface area contributed by atoms with Crippen LogP contribution in [0, 0.1) is 31.6 Å². The summed E-state index contributed by atoms with van der Waals surface area (Å²) in [5.41, 5.74) is 1.01. The Balaban J connectivity index is 0.00000341. The predicted octanol–water partition coefficient (Wildman–Crippen LogP) is 4.89. The molecule has 2 N–H and O–H groups in total. The second kappa shape index (κ2) is 13.0. The minimum absolute atomic E-state index is 0. The van der Waals surface area contributed by atoms with E-state index in [0.717, 1.165) is 55.4 Å². The third kappa shape index (κ3) is 7.91. The molecular weight excluding hydrogens is 501 g/mol. The molecule has 1 aromatic heterocycles. The SMILES string of the molecule is CN=C(NCC1CCN(Cc2nc(C)c(C)o2)CC1)NC(C)C(C)C1CCCCC1.I. The summed E-state index contributed by atoms with van der Waals surface area (Å²) in [5, 5.41) is 7.25. The average Bonchev–Trinajstić information content (AvgIpc) is 3.08. The lowest BCUT2D eigenvalue weighted by atomic mass is 9.78. The van der Waals surface area contributed by atoms with E-state index in [-0.39, 0.29) is 24.0 Å². The van der Waals surface area contributed by atoms with E-state index in [1.54, 1.807) is 0 Å². The van der Waals surface area contributed by atoms with Gasteiger partial charge in [0, 0.05) is 19.6 Å². The van der Waals surface area contributed by atoms with Crippen molar-refractivity contribution in [2.24, 2.45) is 22.7 Å². The molecule has 1 aliphatic heterocycles. The van der Waals surface area contributed by atoms with Crippen molar-refractivity contribution in [1.29, 1.82) is 0 Å². The van der Waals surface area contributed by atoms with Gasteiger partial charge in [0.25, 0.3) is 0 Å². The van der Waals surface area contributed by atoms with Gasteiger partial charge in [0.05, 0.1) is 12.2 Å². The lowest BCUT2D eigenvalue weighted by Gasteiger charge is -2.34. The fourth-order valence-electron chi connectivity index (χ4n) is 5.00. The smallest absolute Gasteiger partial charge is 0.208 e. The van der Waals surface area contributed by atoms with Crippen molar-refractivity contribution in [2.75, 3.05) is 26.7 Å². The van der Waals surface area contributed by atoms with Gasteiger partial charge in [-0.25, -0.2) is 4.98 Å². The summed E-state index contributed by atoms with van der Waals surface area (Å²) in [6.45, 7) is 12.8. The number of nitrogens with zero attached hydrogens (tertiary/aromatic N) is 3. The maximum atomic E-state index is 5.75. The van der Waals surface area contributed by atoms with E-state index in [1.807, 2.05) is 20.9 Å². The second-order valence-corrected chi connectivity index (χ2v) is 9.61. The Labute approximate surface area is 206 Å². The zero-order valence-corrected chi connectivity index (χ0v) is 22.6. The Kier molecular flexibility index (Phi) is 11.1. The quantitative estimate of drug-likeness (QED) is 0.290. The van der Waals surface area contributed by atoms with Gasteiger partial charge in [0.2, 0.25) is 5.89 Å². The molecule has 6 nitrogen and oxygen atoms in total. The van der Waals surface area contributed by atoms with Crippen LogP contribution in [0.4, 0.5) is 0 Å². The molecule has 0 bridgehead atoms. The van der Waals surface area contributed by atoms with Gasteiger partial charge in [0.15, 0.2) is 5.96 Å². The largest absolute Gasteiger partial charge is 0.444 e. The highest BCUT2D eigenvalue weighted by molar-refractivity contribution is 14.0. The molecule has 1 saturated carbocycles. The van der Waals surface area contributed by atoms with Crippen LogP contribution in [0.5, 0.6) is 0 Å². The number of oxazole rings is 1. The molecule has 3 rings (SSSR count). The van der Waals surface area contributed by atoms with E-state index in [9.17, 15) is 0 Å². The summed E-state index contributed by atoms with van der Waals surface area (Å²) < 4.78 is 5.75. The van der Waals surface area contributed by atoms with Crippen molar-refractivity contribution in [3.63, 3.8) is 0 Å². The molecule has 0 spiro atoms. The monoisotopic (exact) mass is 545 g/mol. The van der Waals surface area contributed by atoms with Crippen molar-refractivity contribution < 1.29 is 4.42 Å². The van der Waals surface area contributed by atoms with Gasteiger partial charge in [-0.15, -0.1) is 24.0 Å². The Hall–Kier alpha value is -0.830. The molecule has 2 atom stereocenters. The minimum atomic E-state index is 0. The molecule has 0 aromatic carbocycles. The number of rotatable bonds is 7. The van der Waals surface area contributed by atoms with Crippen LogP contribution in [0.15, 0.2) is 9.41 Å².